The smallest absolute Gasteiger partial charge is 0.251 e. The van der Waals surface area contributed by atoms with E-state index in [4.69, 9.17) is 0 Å². The molecular formula is C19H19BrN2O2. The predicted octanol–water partition coefficient (Wildman–Crippen LogP) is 3.54. The fourth-order valence-electron chi connectivity index (χ4n) is 2.91. The Hall–Kier alpha value is -2.14. The van der Waals surface area contributed by atoms with E-state index < -0.39 is 0 Å². The van der Waals surface area contributed by atoms with Crippen LogP contribution in [-0.4, -0.2) is 29.8 Å². The summed E-state index contributed by atoms with van der Waals surface area (Å²) in [7, 11) is 0. The fraction of sp³-hybridized carbons (Fsp3) is 0.263. The Morgan fingerprint density at radius 1 is 1.17 bits per heavy atom. The highest BCUT2D eigenvalue weighted by molar-refractivity contribution is 9.10. The van der Waals surface area contributed by atoms with Gasteiger partial charge in [0.15, 0.2) is 0 Å². The van der Waals surface area contributed by atoms with Crippen LogP contribution < -0.4 is 5.32 Å². The van der Waals surface area contributed by atoms with Crippen molar-refractivity contribution in [1.82, 2.24) is 10.2 Å². The van der Waals surface area contributed by atoms with Crippen molar-refractivity contribution in [3.63, 3.8) is 0 Å². The van der Waals surface area contributed by atoms with Crippen molar-refractivity contribution in [2.24, 2.45) is 0 Å². The lowest BCUT2D eigenvalue weighted by Crippen LogP contribution is -2.38. The predicted molar refractivity (Wildman–Crippen MR) is 96.6 cm³/mol. The molecule has 0 radical (unpaired) electrons. The van der Waals surface area contributed by atoms with Gasteiger partial charge in [0.2, 0.25) is 5.91 Å². The van der Waals surface area contributed by atoms with E-state index in [2.05, 4.69) is 21.2 Å². The van der Waals surface area contributed by atoms with Crippen LogP contribution in [0, 0.1) is 0 Å². The Bertz CT molecular complexity index is 733. The van der Waals surface area contributed by atoms with E-state index in [-0.39, 0.29) is 17.9 Å². The summed E-state index contributed by atoms with van der Waals surface area (Å²) in [5.41, 5.74) is 1.60. The van der Waals surface area contributed by atoms with Crippen LogP contribution >= 0.6 is 15.9 Å². The Morgan fingerprint density at radius 2 is 1.96 bits per heavy atom. The van der Waals surface area contributed by atoms with Crippen LogP contribution in [0.2, 0.25) is 0 Å². The lowest BCUT2D eigenvalue weighted by molar-refractivity contribution is -0.128. The quantitative estimate of drug-likeness (QED) is 0.853. The molecule has 2 amide bonds. The Balaban J connectivity index is 1.79. The van der Waals surface area contributed by atoms with Crippen molar-refractivity contribution >= 4 is 27.7 Å². The monoisotopic (exact) mass is 386 g/mol. The molecule has 0 aromatic heterocycles. The second-order valence-electron chi connectivity index (χ2n) is 5.89. The molecule has 0 bridgehead atoms. The van der Waals surface area contributed by atoms with Gasteiger partial charge in [-0.1, -0.05) is 52.3 Å². The van der Waals surface area contributed by atoms with Gasteiger partial charge in [-0.15, -0.1) is 0 Å². The summed E-state index contributed by atoms with van der Waals surface area (Å²) in [4.78, 5) is 26.4. The number of nitrogens with one attached hydrogen (secondary N) is 1. The second kappa shape index (κ2) is 7.62. The Labute approximate surface area is 150 Å². The van der Waals surface area contributed by atoms with Crippen LogP contribution in [0.15, 0.2) is 59.1 Å². The molecule has 1 heterocycles. The summed E-state index contributed by atoms with van der Waals surface area (Å²) in [6.45, 7) is 1.26. The molecule has 0 aliphatic carbocycles. The molecule has 3 rings (SSSR count). The molecule has 0 spiro atoms. The van der Waals surface area contributed by atoms with Gasteiger partial charge >= 0.3 is 0 Å². The molecule has 5 heteroatoms. The lowest BCUT2D eigenvalue weighted by atomic mass is 10.1. The standard InChI is InChI=1S/C19H19BrN2O2/c20-16-9-4-8-15(12-16)19(24)21-17(14-6-2-1-3-7-14)13-22-11-5-10-18(22)23/h1-4,6-9,12,17H,5,10-11,13H2,(H,21,24). The van der Waals surface area contributed by atoms with E-state index in [0.717, 1.165) is 23.0 Å². The molecule has 1 N–H and O–H groups in total. The van der Waals surface area contributed by atoms with E-state index in [9.17, 15) is 9.59 Å². The summed E-state index contributed by atoms with van der Waals surface area (Å²) in [6, 6.07) is 16.9. The summed E-state index contributed by atoms with van der Waals surface area (Å²) in [5, 5.41) is 3.07. The number of benzene rings is 2. The van der Waals surface area contributed by atoms with E-state index in [1.807, 2.05) is 47.4 Å². The van der Waals surface area contributed by atoms with Gasteiger partial charge in [0.25, 0.3) is 5.91 Å². The van der Waals surface area contributed by atoms with E-state index in [1.54, 1.807) is 12.1 Å². The first kappa shape index (κ1) is 16.7. The van der Waals surface area contributed by atoms with Gasteiger partial charge in [-0.25, -0.2) is 0 Å². The van der Waals surface area contributed by atoms with Crippen LogP contribution in [-0.2, 0) is 4.79 Å². The summed E-state index contributed by atoms with van der Waals surface area (Å²) < 4.78 is 0.862. The molecule has 2 aromatic carbocycles. The number of halogens is 1. The first-order valence-corrected chi connectivity index (χ1v) is 8.82. The number of hydrogen-bond acceptors (Lipinski definition) is 2. The molecule has 4 nitrogen and oxygen atoms in total. The molecule has 1 unspecified atom stereocenters. The van der Waals surface area contributed by atoms with Crippen molar-refractivity contribution in [3.8, 4) is 0 Å². The van der Waals surface area contributed by atoms with Crippen molar-refractivity contribution in [1.29, 1.82) is 0 Å². The third-order valence-corrected chi connectivity index (χ3v) is 4.66. The number of carbonyl (C=O) groups is 2. The highest BCUT2D eigenvalue weighted by Crippen LogP contribution is 2.20. The topological polar surface area (TPSA) is 49.4 Å². The van der Waals surface area contributed by atoms with E-state index >= 15 is 0 Å². The second-order valence-corrected chi connectivity index (χ2v) is 6.81. The number of carbonyl (C=O) groups excluding carboxylic acids is 2. The zero-order valence-corrected chi connectivity index (χ0v) is 14.8. The van der Waals surface area contributed by atoms with Crippen LogP contribution in [0.5, 0.6) is 0 Å². The molecule has 124 valence electrons. The van der Waals surface area contributed by atoms with Gasteiger partial charge in [0, 0.05) is 29.5 Å². The normalized spacial score (nSPS) is 15.4. The maximum atomic E-state index is 12.6. The van der Waals surface area contributed by atoms with Gasteiger partial charge in [-0.2, -0.15) is 0 Å². The molecule has 1 atom stereocenters. The largest absolute Gasteiger partial charge is 0.343 e. The Morgan fingerprint density at radius 3 is 2.62 bits per heavy atom. The van der Waals surface area contributed by atoms with Gasteiger partial charge in [0.05, 0.1) is 6.04 Å². The van der Waals surface area contributed by atoms with Gasteiger partial charge in [-0.05, 0) is 30.2 Å². The molecule has 1 saturated heterocycles. The third kappa shape index (κ3) is 4.03. The highest BCUT2D eigenvalue weighted by atomic mass is 79.9. The zero-order valence-electron chi connectivity index (χ0n) is 13.2. The maximum absolute atomic E-state index is 12.6. The zero-order chi connectivity index (χ0) is 16.9. The lowest BCUT2D eigenvalue weighted by Gasteiger charge is -2.25. The van der Waals surface area contributed by atoms with Gasteiger partial charge < -0.3 is 10.2 Å². The molecular weight excluding hydrogens is 368 g/mol. The van der Waals surface area contributed by atoms with Crippen molar-refractivity contribution in [2.75, 3.05) is 13.1 Å². The maximum Gasteiger partial charge on any atom is 0.251 e. The Kier molecular flexibility index (Phi) is 5.30. The summed E-state index contributed by atoms with van der Waals surface area (Å²) >= 11 is 3.39. The molecule has 2 aromatic rings. The number of hydrogen-bond donors (Lipinski definition) is 1. The average Bonchev–Trinajstić information content (AvgIpc) is 3.00. The number of amides is 2. The van der Waals surface area contributed by atoms with Crippen LogP contribution in [0.25, 0.3) is 0 Å². The minimum Gasteiger partial charge on any atom is -0.343 e. The minimum atomic E-state index is -0.222. The number of nitrogens with zero attached hydrogens (tertiary/aromatic N) is 1. The van der Waals surface area contributed by atoms with Crippen molar-refractivity contribution < 1.29 is 9.59 Å². The SMILES string of the molecule is O=C(NC(CN1CCCC1=O)c1ccccc1)c1cccc(Br)c1. The number of likely N-dealkylation sites (tertiary alicyclic amines) is 1. The average molecular weight is 387 g/mol. The summed E-state index contributed by atoms with van der Waals surface area (Å²) in [6.07, 6.45) is 1.49. The molecule has 24 heavy (non-hydrogen) atoms. The molecule has 1 fully saturated rings. The van der Waals surface area contributed by atoms with E-state index in [0.29, 0.717) is 18.5 Å². The third-order valence-electron chi connectivity index (χ3n) is 4.17. The molecule has 1 aliphatic rings. The van der Waals surface area contributed by atoms with Crippen molar-refractivity contribution in [3.05, 3.63) is 70.2 Å². The molecule has 1 aliphatic heterocycles. The van der Waals surface area contributed by atoms with E-state index in [1.165, 1.54) is 0 Å². The first-order chi connectivity index (χ1) is 11.6. The van der Waals surface area contributed by atoms with Crippen molar-refractivity contribution in [2.45, 2.75) is 18.9 Å². The van der Waals surface area contributed by atoms with Gasteiger partial charge in [0.1, 0.15) is 0 Å². The fourth-order valence-corrected chi connectivity index (χ4v) is 3.31. The van der Waals surface area contributed by atoms with Crippen LogP contribution in [0.1, 0.15) is 34.8 Å². The number of rotatable bonds is 5. The summed E-state index contributed by atoms with van der Waals surface area (Å²) in [5.74, 6) is 0.0180. The minimum absolute atomic E-state index is 0.142. The van der Waals surface area contributed by atoms with Gasteiger partial charge in [-0.3, -0.25) is 9.59 Å². The first-order valence-electron chi connectivity index (χ1n) is 8.02. The highest BCUT2D eigenvalue weighted by Gasteiger charge is 2.25. The van der Waals surface area contributed by atoms with Crippen LogP contribution in [0.3, 0.4) is 0 Å². The van der Waals surface area contributed by atoms with Crippen LogP contribution in [0.4, 0.5) is 0 Å². The molecule has 0 saturated carbocycles.